The van der Waals surface area contributed by atoms with Gasteiger partial charge in [-0.05, 0) is 51.1 Å². The molecule has 0 aromatic rings. The number of allylic oxidation sites excluding steroid dienone is 5. The van der Waals surface area contributed by atoms with E-state index >= 15 is 0 Å². The Balaban J connectivity index is 1.70. The lowest BCUT2D eigenvalue weighted by molar-refractivity contribution is -0.00594. The molecule has 2 fully saturated rings. The van der Waals surface area contributed by atoms with Crippen molar-refractivity contribution >= 4 is 29.0 Å². The lowest BCUT2D eigenvalue weighted by Gasteiger charge is -2.40. The smallest absolute Gasteiger partial charge is 0.160 e. The van der Waals surface area contributed by atoms with Crippen LogP contribution in [0.15, 0.2) is 62.7 Å². The van der Waals surface area contributed by atoms with Crippen LogP contribution in [0.1, 0.15) is 20.3 Å². The van der Waals surface area contributed by atoms with Crippen molar-refractivity contribution in [3.05, 3.63) is 47.7 Å². The Kier molecular flexibility index (Phi) is 11.8. The quantitative estimate of drug-likeness (QED) is 0.217. The van der Waals surface area contributed by atoms with Crippen LogP contribution >= 0.6 is 11.8 Å². The van der Waals surface area contributed by atoms with Gasteiger partial charge < -0.3 is 30.5 Å². The van der Waals surface area contributed by atoms with Gasteiger partial charge in [0, 0.05) is 30.9 Å². The molecule has 3 unspecified atom stereocenters. The molecule has 0 aliphatic carbocycles. The fourth-order valence-corrected chi connectivity index (χ4v) is 5.24. The predicted octanol–water partition coefficient (Wildman–Crippen LogP) is 1.97. The van der Waals surface area contributed by atoms with Crippen LogP contribution in [-0.4, -0.2) is 110 Å². The molecule has 0 amide bonds. The monoisotopic (exact) mass is 545 g/mol. The summed E-state index contributed by atoms with van der Waals surface area (Å²) in [5.74, 6) is 1.51. The summed E-state index contributed by atoms with van der Waals surface area (Å²) in [4.78, 5) is 17.9. The topological polar surface area (TPSA) is 120 Å². The SMILES string of the molecule is C=C(C)N=C(N)SCN=CC(=C)C(/C=C1\COCCN(C2NC(CN(C)C)=NC3OC(CO)C[C@@H]32)C1)=C/C. The minimum absolute atomic E-state index is 0.00658. The van der Waals surface area contributed by atoms with Crippen LogP contribution in [-0.2, 0) is 9.47 Å². The number of aliphatic hydroxyl groups excluding tert-OH is 1. The number of nitrogens with zero attached hydrogens (tertiary/aromatic N) is 5. The Morgan fingerprint density at radius 1 is 1.39 bits per heavy atom. The number of aliphatic hydroxyl groups is 1. The Bertz CT molecular complexity index is 1000. The Hall–Kier alpha value is -2.28. The third-order valence-corrected chi connectivity index (χ3v) is 7.06. The summed E-state index contributed by atoms with van der Waals surface area (Å²) in [7, 11) is 4.05. The van der Waals surface area contributed by atoms with Crippen molar-refractivity contribution in [1.29, 1.82) is 0 Å². The second-order valence-electron chi connectivity index (χ2n) is 10.00. The summed E-state index contributed by atoms with van der Waals surface area (Å²) >= 11 is 1.35. The Morgan fingerprint density at radius 3 is 2.87 bits per heavy atom. The molecule has 2 saturated heterocycles. The van der Waals surface area contributed by atoms with E-state index in [1.54, 1.807) is 13.1 Å². The van der Waals surface area contributed by atoms with Crippen molar-refractivity contribution in [2.75, 3.05) is 59.4 Å². The molecule has 3 aliphatic heterocycles. The first-order valence-electron chi connectivity index (χ1n) is 12.9. The van der Waals surface area contributed by atoms with Gasteiger partial charge in [0.05, 0.1) is 44.5 Å². The van der Waals surface area contributed by atoms with Gasteiger partial charge in [-0.3, -0.25) is 9.89 Å². The van der Waals surface area contributed by atoms with Gasteiger partial charge in [-0.2, -0.15) is 0 Å². The number of rotatable bonds is 10. The van der Waals surface area contributed by atoms with Crippen LogP contribution in [0.2, 0.25) is 0 Å². The molecule has 210 valence electrons. The predicted molar refractivity (Wildman–Crippen MR) is 158 cm³/mol. The highest BCUT2D eigenvalue weighted by atomic mass is 32.2. The van der Waals surface area contributed by atoms with E-state index < -0.39 is 0 Å². The number of ether oxygens (including phenoxy) is 2. The van der Waals surface area contributed by atoms with E-state index in [1.807, 2.05) is 27.1 Å². The van der Waals surface area contributed by atoms with Crippen molar-refractivity contribution < 1.29 is 14.6 Å². The summed E-state index contributed by atoms with van der Waals surface area (Å²) < 4.78 is 12.1. The van der Waals surface area contributed by atoms with Crippen LogP contribution in [0.5, 0.6) is 0 Å². The van der Waals surface area contributed by atoms with E-state index in [9.17, 15) is 5.11 Å². The number of hydrogen-bond acceptors (Lipinski definition) is 10. The highest BCUT2D eigenvalue weighted by Gasteiger charge is 2.45. The molecule has 0 bridgehead atoms. The molecule has 11 heteroatoms. The zero-order valence-corrected chi connectivity index (χ0v) is 23.9. The molecule has 0 aromatic heterocycles. The van der Waals surface area contributed by atoms with Gasteiger partial charge in [-0.1, -0.05) is 37.1 Å². The number of nitrogens with two attached hydrogens (primary N) is 1. The van der Waals surface area contributed by atoms with Crippen LogP contribution in [0.25, 0.3) is 0 Å². The number of amidine groups is 2. The van der Waals surface area contributed by atoms with E-state index in [0.717, 1.165) is 42.1 Å². The molecule has 0 radical (unpaired) electrons. The number of aliphatic imine (C=N–C) groups is 3. The number of nitrogens with one attached hydrogen (secondary N) is 1. The third-order valence-electron chi connectivity index (χ3n) is 6.39. The van der Waals surface area contributed by atoms with Crippen LogP contribution in [0.4, 0.5) is 0 Å². The van der Waals surface area contributed by atoms with E-state index in [2.05, 4.69) is 44.3 Å². The molecular weight excluding hydrogens is 502 g/mol. The minimum Gasteiger partial charge on any atom is -0.394 e. The average Bonchev–Trinajstić information content (AvgIpc) is 3.14. The minimum atomic E-state index is -0.251. The standard InChI is InChI=1S/C27H43N7O3S/c1-7-21(19(4)12-29-17-38-27(28)30-18(2)3)10-20-13-34(8-9-36-16-20)25-23-11-22(15-35)37-26(23)32-24(31-25)14-33(5)6/h7,10,12,22-23,25-26,35H,2,4,8-9,11,13-17H2,1,3,5-6H3,(H2,28,30)(H,31,32)/b20-10-,21-7+,29-12?/t22?,23-,25?,26?/m1/s1. The molecule has 38 heavy (non-hydrogen) atoms. The van der Waals surface area contributed by atoms with Gasteiger partial charge in [-0.15, -0.1) is 0 Å². The van der Waals surface area contributed by atoms with E-state index in [0.29, 0.717) is 36.5 Å². The number of thioether (sulfide) groups is 1. The summed E-state index contributed by atoms with van der Waals surface area (Å²) in [6.07, 6.45) is 6.32. The highest BCUT2D eigenvalue weighted by molar-refractivity contribution is 8.13. The second kappa shape index (κ2) is 14.8. The van der Waals surface area contributed by atoms with Crippen LogP contribution in [0, 0.1) is 5.92 Å². The maximum Gasteiger partial charge on any atom is 0.160 e. The summed E-state index contributed by atoms with van der Waals surface area (Å²) in [5.41, 5.74) is 9.49. The molecule has 3 heterocycles. The summed E-state index contributed by atoms with van der Waals surface area (Å²) in [6, 6.07) is 0. The third kappa shape index (κ3) is 8.89. The molecule has 4 N–H and O–H groups in total. The molecular formula is C27H43N7O3S. The summed E-state index contributed by atoms with van der Waals surface area (Å²) in [6.45, 7) is 15.2. The fourth-order valence-electron chi connectivity index (χ4n) is 4.74. The van der Waals surface area contributed by atoms with E-state index in [1.165, 1.54) is 11.8 Å². The molecule has 0 aromatic carbocycles. The number of hydrogen-bond donors (Lipinski definition) is 3. The van der Waals surface area contributed by atoms with E-state index in [-0.39, 0.29) is 31.0 Å². The second-order valence-corrected chi connectivity index (χ2v) is 11.0. The first kappa shape index (κ1) is 30.3. The van der Waals surface area contributed by atoms with Gasteiger partial charge in [-0.25, -0.2) is 9.98 Å². The zero-order chi connectivity index (χ0) is 27.7. The maximum atomic E-state index is 9.74. The first-order valence-corrected chi connectivity index (χ1v) is 13.9. The van der Waals surface area contributed by atoms with Gasteiger partial charge in [0.15, 0.2) is 11.4 Å². The number of fused-ring (bicyclic) bond motifs is 1. The van der Waals surface area contributed by atoms with Gasteiger partial charge in [0.2, 0.25) is 0 Å². The van der Waals surface area contributed by atoms with Gasteiger partial charge in [0.1, 0.15) is 5.84 Å². The fraction of sp³-hybridized carbons (Fsp3) is 0.593. The highest BCUT2D eigenvalue weighted by Crippen LogP contribution is 2.34. The lowest BCUT2D eigenvalue weighted by Crippen LogP contribution is -2.59. The maximum absolute atomic E-state index is 9.74. The van der Waals surface area contributed by atoms with Crippen molar-refractivity contribution in [2.24, 2.45) is 26.6 Å². The lowest BCUT2D eigenvalue weighted by atomic mass is 9.96. The van der Waals surface area contributed by atoms with Gasteiger partial charge in [0.25, 0.3) is 0 Å². The molecule has 3 aliphatic rings. The number of likely N-dealkylation sites (N-methyl/N-ethyl adjacent to an activating group) is 1. The summed E-state index contributed by atoms with van der Waals surface area (Å²) in [5, 5.41) is 13.9. The van der Waals surface area contributed by atoms with E-state index in [4.69, 9.17) is 20.2 Å². The Labute approximate surface area is 231 Å². The molecule has 0 saturated carbocycles. The molecule has 10 nitrogen and oxygen atoms in total. The average molecular weight is 546 g/mol. The molecule has 3 rings (SSSR count). The van der Waals surface area contributed by atoms with Crippen molar-refractivity contribution in [3.63, 3.8) is 0 Å². The molecule has 0 spiro atoms. The Morgan fingerprint density at radius 2 is 2.18 bits per heavy atom. The largest absolute Gasteiger partial charge is 0.394 e. The molecule has 4 atom stereocenters. The van der Waals surface area contributed by atoms with Crippen molar-refractivity contribution in [3.8, 4) is 0 Å². The first-order chi connectivity index (χ1) is 18.2. The van der Waals surface area contributed by atoms with Crippen molar-refractivity contribution in [2.45, 2.75) is 38.8 Å². The van der Waals surface area contributed by atoms with Gasteiger partial charge >= 0.3 is 0 Å². The van der Waals surface area contributed by atoms with Crippen LogP contribution < -0.4 is 11.1 Å². The zero-order valence-electron chi connectivity index (χ0n) is 23.1. The van der Waals surface area contributed by atoms with Crippen LogP contribution in [0.3, 0.4) is 0 Å². The van der Waals surface area contributed by atoms with Crippen molar-refractivity contribution in [1.82, 2.24) is 15.1 Å². The normalized spacial score (nSPS) is 28.4.